The first-order chi connectivity index (χ1) is 15.5. The van der Waals surface area contributed by atoms with Crippen molar-refractivity contribution in [3.63, 3.8) is 0 Å². The molecule has 0 atom stereocenters. The Morgan fingerprint density at radius 3 is 2.53 bits per heavy atom. The second-order valence-corrected chi connectivity index (χ2v) is 8.53. The molecule has 2 aromatic carbocycles. The van der Waals surface area contributed by atoms with E-state index >= 15 is 0 Å². The summed E-state index contributed by atoms with van der Waals surface area (Å²) in [5, 5.41) is 7.48. The number of nitrogens with one attached hydrogen (secondary N) is 2. The highest BCUT2D eigenvalue weighted by Gasteiger charge is 2.21. The van der Waals surface area contributed by atoms with E-state index in [2.05, 4.69) is 10.6 Å². The van der Waals surface area contributed by atoms with Gasteiger partial charge >= 0.3 is 0 Å². The van der Waals surface area contributed by atoms with Crippen LogP contribution in [-0.4, -0.2) is 24.3 Å². The van der Waals surface area contributed by atoms with E-state index in [4.69, 9.17) is 0 Å². The van der Waals surface area contributed by atoms with Crippen LogP contribution < -0.4 is 15.5 Å². The Bertz CT molecular complexity index is 1170. The number of carbonyl (C=O) groups is 3. The molecule has 2 heterocycles. The molecule has 0 unspecified atom stereocenters. The van der Waals surface area contributed by atoms with Crippen LogP contribution in [-0.2, 0) is 9.59 Å². The average molecular weight is 446 g/mol. The third kappa shape index (κ3) is 5.12. The van der Waals surface area contributed by atoms with Gasteiger partial charge in [0.15, 0.2) is 0 Å². The minimum atomic E-state index is -0.426. The molecule has 4 rings (SSSR count). The van der Waals surface area contributed by atoms with Gasteiger partial charge in [-0.05, 0) is 67.3 Å². The summed E-state index contributed by atoms with van der Waals surface area (Å²) in [6.45, 7) is 2.62. The molecule has 162 valence electrons. The minimum Gasteiger partial charge on any atom is -0.321 e. The van der Waals surface area contributed by atoms with E-state index in [0.717, 1.165) is 22.5 Å². The second kappa shape index (κ2) is 9.62. The summed E-state index contributed by atoms with van der Waals surface area (Å²) in [4.78, 5) is 40.3. The molecule has 0 saturated carbocycles. The fraction of sp³-hybridized carbons (Fsp3) is 0.160. The predicted molar refractivity (Wildman–Crippen MR) is 128 cm³/mol. The maximum Gasteiger partial charge on any atom is 0.272 e. The number of rotatable bonds is 6. The summed E-state index contributed by atoms with van der Waals surface area (Å²) in [6.07, 6.45) is 3.08. The summed E-state index contributed by atoms with van der Waals surface area (Å²) in [6, 6.07) is 18.1. The molecule has 3 aromatic rings. The first kappa shape index (κ1) is 21.5. The highest BCUT2D eigenvalue weighted by molar-refractivity contribution is 7.10. The Labute approximate surface area is 190 Å². The molecule has 0 aliphatic carbocycles. The molecule has 0 bridgehead atoms. The van der Waals surface area contributed by atoms with Crippen LogP contribution in [0.3, 0.4) is 0 Å². The van der Waals surface area contributed by atoms with Crippen LogP contribution in [0.2, 0.25) is 0 Å². The summed E-state index contributed by atoms with van der Waals surface area (Å²) < 4.78 is 0. The van der Waals surface area contributed by atoms with Crippen molar-refractivity contribution in [1.82, 2.24) is 5.32 Å². The molecule has 2 N–H and O–H groups in total. The molecule has 1 aliphatic heterocycles. The zero-order valence-corrected chi connectivity index (χ0v) is 18.4. The molecule has 1 fully saturated rings. The quantitative estimate of drug-likeness (QED) is 0.545. The van der Waals surface area contributed by atoms with Gasteiger partial charge in [-0.3, -0.25) is 14.4 Å². The first-order valence-corrected chi connectivity index (χ1v) is 11.2. The molecule has 6 nitrogen and oxygen atoms in total. The van der Waals surface area contributed by atoms with Crippen molar-refractivity contribution in [2.75, 3.05) is 16.8 Å². The summed E-state index contributed by atoms with van der Waals surface area (Å²) >= 11 is 1.47. The van der Waals surface area contributed by atoms with Gasteiger partial charge in [-0.25, -0.2) is 0 Å². The fourth-order valence-electron chi connectivity index (χ4n) is 3.50. The summed E-state index contributed by atoms with van der Waals surface area (Å²) in [5.41, 5.74) is 2.98. The molecule has 7 heteroatoms. The third-order valence-electron chi connectivity index (χ3n) is 5.11. The van der Waals surface area contributed by atoms with E-state index in [0.29, 0.717) is 24.2 Å². The van der Waals surface area contributed by atoms with Gasteiger partial charge < -0.3 is 15.5 Å². The van der Waals surface area contributed by atoms with Gasteiger partial charge in [0.25, 0.3) is 11.8 Å². The lowest BCUT2D eigenvalue weighted by molar-refractivity contribution is -0.117. The topological polar surface area (TPSA) is 78.5 Å². The molecule has 0 spiro atoms. The molecule has 32 heavy (non-hydrogen) atoms. The van der Waals surface area contributed by atoms with Crippen molar-refractivity contribution in [2.24, 2.45) is 0 Å². The fourth-order valence-corrected chi connectivity index (χ4v) is 4.16. The number of carbonyl (C=O) groups excluding carboxylic acids is 3. The van der Waals surface area contributed by atoms with Crippen molar-refractivity contribution >= 4 is 46.5 Å². The Morgan fingerprint density at radius 1 is 1.06 bits per heavy atom. The van der Waals surface area contributed by atoms with Gasteiger partial charge in [0, 0.05) is 34.8 Å². The van der Waals surface area contributed by atoms with Crippen LogP contribution >= 0.6 is 11.3 Å². The van der Waals surface area contributed by atoms with E-state index < -0.39 is 5.91 Å². The number of aryl methyl sites for hydroxylation is 1. The minimum absolute atomic E-state index is 0.113. The molecule has 0 radical (unpaired) electrons. The monoisotopic (exact) mass is 445 g/mol. The van der Waals surface area contributed by atoms with Crippen molar-refractivity contribution in [3.05, 3.63) is 87.7 Å². The van der Waals surface area contributed by atoms with Gasteiger partial charge in [-0.15, -0.1) is 11.3 Å². The number of hydrogen-bond donors (Lipinski definition) is 2. The van der Waals surface area contributed by atoms with E-state index in [1.165, 1.54) is 11.3 Å². The van der Waals surface area contributed by atoms with Crippen LogP contribution in [0.5, 0.6) is 0 Å². The highest BCUT2D eigenvalue weighted by Crippen LogP contribution is 2.23. The van der Waals surface area contributed by atoms with Gasteiger partial charge in [0.2, 0.25) is 5.91 Å². The smallest absolute Gasteiger partial charge is 0.272 e. The molecule has 1 saturated heterocycles. The zero-order valence-electron chi connectivity index (χ0n) is 17.6. The number of benzene rings is 2. The normalized spacial score (nSPS) is 13.8. The lowest BCUT2D eigenvalue weighted by Gasteiger charge is -2.16. The molecular weight excluding hydrogens is 422 g/mol. The van der Waals surface area contributed by atoms with Crippen molar-refractivity contribution < 1.29 is 14.4 Å². The van der Waals surface area contributed by atoms with Crippen LogP contribution in [0, 0.1) is 6.92 Å². The Hall–Kier alpha value is -3.71. The number of amides is 3. The summed E-state index contributed by atoms with van der Waals surface area (Å²) in [7, 11) is 0. The first-order valence-electron chi connectivity index (χ1n) is 10.3. The number of nitrogens with zero attached hydrogens (tertiary/aromatic N) is 1. The van der Waals surface area contributed by atoms with E-state index in [1.807, 2.05) is 42.6 Å². The molecule has 3 amide bonds. The zero-order chi connectivity index (χ0) is 22.5. The molecular formula is C25H23N3O3S. The van der Waals surface area contributed by atoms with E-state index in [-0.39, 0.29) is 17.5 Å². The van der Waals surface area contributed by atoms with Crippen molar-refractivity contribution in [1.29, 1.82) is 0 Å². The van der Waals surface area contributed by atoms with E-state index in [9.17, 15) is 14.4 Å². The van der Waals surface area contributed by atoms with Gasteiger partial charge in [-0.1, -0.05) is 23.8 Å². The van der Waals surface area contributed by atoms with Crippen molar-refractivity contribution in [2.45, 2.75) is 19.8 Å². The predicted octanol–water partition coefficient (Wildman–Crippen LogP) is 4.59. The SMILES string of the molecule is Cc1cccc(C(=O)N/C(=C\c2cccs2)C(=O)Nc2ccc(N3CCCC3=O)cc2)c1. The van der Waals surface area contributed by atoms with Gasteiger partial charge in [0.05, 0.1) is 0 Å². The van der Waals surface area contributed by atoms with Crippen LogP contribution in [0.4, 0.5) is 11.4 Å². The largest absolute Gasteiger partial charge is 0.321 e. The lowest BCUT2D eigenvalue weighted by atomic mass is 10.1. The molecule has 1 aromatic heterocycles. The Balaban J connectivity index is 1.51. The maximum absolute atomic E-state index is 13.0. The van der Waals surface area contributed by atoms with Gasteiger partial charge in [0.1, 0.15) is 5.70 Å². The second-order valence-electron chi connectivity index (χ2n) is 7.55. The van der Waals surface area contributed by atoms with E-state index in [1.54, 1.807) is 41.3 Å². The molecule has 1 aliphatic rings. The maximum atomic E-state index is 13.0. The van der Waals surface area contributed by atoms with Crippen LogP contribution in [0.1, 0.15) is 33.6 Å². The highest BCUT2D eigenvalue weighted by atomic mass is 32.1. The van der Waals surface area contributed by atoms with Gasteiger partial charge in [-0.2, -0.15) is 0 Å². The lowest BCUT2D eigenvalue weighted by Crippen LogP contribution is -2.30. The standard InChI is InChI=1S/C25H23N3O3S/c1-17-5-2-6-18(15-17)24(30)27-22(16-21-7-4-14-32-21)25(31)26-19-9-11-20(12-10-19)28-13-3-8-23(28)29/h2,4-7,9-12,14-16H,3,8,13H2,1H3,(H,26,31)(H,27,30)/b22-16-. The number of thiophene rings is 1. The average Bonchev–Trinajstić information content (AvgIpc) is 3.45. The van der Waals surface area contributed by atoms with Crippen molar-refractivity contribution in [3.8, 4) is 0 Å². The summed E-state index contributed by atoms with van der Waals surface area (Å²) in [5.74, 6) is -0.666. The Kier molecular flexibility index (Phi) is 6.47. The number of hydrogen-bond acceptors (Lipinski definition) is 4. The third-order valence-corrected chi connectivity index (χ3v) is 5.93. The number of anilines is 2. The Morgan fingerprint density at radius 2 is 1.88 bits per heavy atom. The van der Waals surface area contributed by atoms with Crippen LogP contribution in [0.15, 0.2) is 71.7 Å². The van der Waals surface area contributed by atoms with Crippen LogP contribution in [0.25, 0.3) is 6.08 Å².